The molecule has 1 aliphatic rings. The van der Waals surface area contributed by atoms with Gasteiger partial charge in [0.25, 0.3) is 5.91 Å². The molecule has 1 saturated heterocycles. The zero-order valence-corrected chi connectivity index (χ0v) is 15.4. The Labute approximate surface area is 158 Å². The average Bonchev–Trinajstić information content (AvgIpc) is 2.72. The molecule has 1 fully saturated rings. The number of anilines is 1. The molecule has 0 unspecified atom stereocenters. The van der Waals surface area contributed by atoms with Crippen LogP contribution in [0.5, 0.6) is 0 Å². The number of nitrogens with one attached hydrogen (secondary N) is 2. The van der Waals surface area contributed by atoms with Crippen molar-refractivity contribution < 1.29 is 14.3 Å². The van der Waals surface area contributed by atoms with Crippen LogP contribution >= 0.6 is 0 Å². The molecule has 7 heteroatoms. The third-order valence-corrected chi connectivity index (χ3v) is 4.35. The van der Waals surface area contributed by atoms with E-state index in [4.69, 9.17) is 4.74 Å². The highest BCUT2D eigenvalue weighted by Gasteiger charge is 2.12. The second-order valence-electron chi connectivity index (χ2n) is 6.41. The van der Waals surface area contributed by atoms with Crippen LogP contribution in [0.15, 0.2) is 42.6 Å². The Hall–Kier alpha value is -2.93. The minimum absolute atomic E-state index is 0.0786. The van der Waals surface area contributed by atoms with Crippen LogP contribution in [0.3, 0.4) is 0 Å². The van der Waals surface area contributed by atoms with Crippen LogP contribution in [-0.2, 0) is 22.6 Å². The summed E-state index contributed by atoms with van der Waals surface area (Å²) in [6, 6.07) is 11.1. The third-order valence-electron chi connectivity index (χ3n) is 4.35. The Morgan fingerprint density at radius 1 is 1.00 bits per heavy atom. The smallest absolute Gasteiger partial charge is 0.251 e. The molecule has 27 heavy (non-hydrogen) atoms. The summed E-state index contributed by atoms with van der Waals surface area (Å²) in [6.45, 7) is 5.50. The fraction of sp³-hybridized carbons (Fsp3) is 0.350. The van der Waals surface area contributed by atoms with Gasteiger partial charge in [0.2, 0.25) is 5.91 Å². The van der Waals surface area contributed by atoms with E-state index in [1.54, 1.807) is 18.3 Å². The number of benzene rings is 1. The first-order valence-corrected chi connectivity index (χ1v) is 9.01. The highest BCUT2D eigenvalue weighted by Crippen LogP contribution is 2.13. The largest absolute Gasteiger partial charge is 0.378 e. The number of amides is 2. The summed E-state index contributed by atoms with van der Waals surface area (Å²) >= 11 is 0. The maximum Gasteiger partial charge on any atom is 0.251 e. The van der Waals surface area contributed by atoms with E-state index in [0.29, 0.717) is 18.7 Å². The molecule has 0 atom stereocenters. The fourth-order valence-electron chi connectivity index (χ4n) is 2.79. The molecule has 0 saturated carbocycles. The lowest BCUT2D eigenvalue weighted by molar-refractivity contribution is -0.119. The normalized spacial score (nSPS) is 13.9. The minimum atomic E-state index is -0.140. The summed E-state index contributed by atoms with van der Waals surface area (Å²) in [5, 5.41) is 5.63. The molecule has 2 N–H and O–H groups in total. The first kappa shape index (κ1) is 18.8. The SMILES string of the molecule is CC(=O)NCc1ccc(C(=O)NCc2ccc(N3CCOCC3)nc2)cc1. The quantitative estimate of drug-likeness (QED) is 0.807. The topological polar surface area (TPSA) is 83.6 Å². The molecule has 1 aliphatic heterocycles. The van der Waals surface area contributed by atoms with Gasteiger partial charge in [-0.3, -0.25) is 9.59 Å². The van der Waals surface area contributed by atoms with Crippen LogP contribution < -0.4 is 15.5 Å². The Kier molecular flexibility index (Phi) is 6.38. The van der Waals surface area contributed by atoms with Gasteiger partial charge in [-0.1, -0.05) is 18.2 Å². The predicted octanol–water partition coefficient (Wildman–Crippen LogP) is 1.48. The first-order valence-electron chi connectivity index (χ1n) is 9.01. The second-order valence-corrected chi connectivity index (χ2v) is 6.41. The van der Waals surface area contributed by atoms with Crippen molar-refractivity contribution in [2.75, 3.05) is 31.2 Å². The fourth-order valence-corrected chi connectivity index (χ4v) is 2.79. The number of nitrogens with zero attached hydrogens (tertiary/aromatic N) is 2. The number of rotatable bonds is 6. The van der Waals surface area contributed by atoms with E-state index >= 15 is 0 Å². The van der Waals surface area contributed by atoms with Crippen LogP contribution in [0.1, 0.15) is 28.4 Å². The van der Waals surface area contributed by atoms with Crippen LogP contribution in [0.2, 0.25) is 0 Å². The first-order chi connectivity index (χ1) is 13.1. The van der Waals surface area contributed by atoms with Crippen LogP contribution in [-0.4, -0.2) is 43.1 Å². The lowest BCUT2D eigenvalue weighted by Gasteiger charge is -2.27. The number of carbonyl (C=O) groups excluding carboxylic acids is 2. The third kappa shape index (κ3) is 5.52. The number of carbonyl (C=O) groups is 2. The van der Waals surface area contributed by atoms with E-state index in [2.05, 4.69) is 20.5 Å². The Balaban J connectivity index is 1.50. The summed E-state index contributed by atoms with van der Waals surface area (Å²) in [5.74, 6) is 0.714. The number of pyridine rings is 1. The van der Waals surface area contributed by atoms with Gasteiger partial charge in [0.05, 0.1) is 13.2 Å². The monoisotopic (exact) mass is 368 g/mol. The molecule has 0 radical (unpaired) electrons. The van der Waals surface area contributed by atoms with Crippen molar-refractivity contribution in [2.24, 2.45) is 0 Å². The van der Waals surface area contributed by atoms with Crippen LogP contribution in [0.4, 0.5) is 5.82 Å². The molecule has 0 aliphatic carbocycles. The van der Waals surface area contributed by atoms with Crippen LogP contribution in [0.25, 0.3) is 0 Å². The van der Waals surface area contributed by atoms with Crippen molar-refractivity contribution in [2.45, 2.75) is 20.0 Å². The summed E-state index contributed by atoms with van der Waals surface area (Å²) in [4.78, 5) is 29.9. The predicted molar refractivity (Wildman–Crippen MR) is 102 cm³/mol. The van der Waals surface area contributed by atoms with Gasteiger partial charge in [-0.2, -0.15) is 0 Å². The van der Waals surface area contributed by atoms with Gasteiger partial charge in [0.1, 0.15) is 5.82 Å². The molecule has 1 aromatic carbocycles. The van der Waals surface area contributed by atoms with E-state index in [9.17, 15) is 9.59 Å². The molecule has 3 rings (SSSR count). The van der Waals surface area contributed by atoms with E-state index in [-0.39, 0.29) is 11.8 Å². The number of ether oxygens (including phenoxy) is 1. The van der Waals surface area contributed by atoms with Crippen molar-refractivity contribution in [3.05, 3.63) is 59.3 Å². The van der Waals surface area contributed by atoms with E-state index in [1.165, 1.54) is 6.92 Å². The molecule has 142 valence electrons. The average molecular weight is 368 g/mol. The number of hydrogen-bond acceptors (Lipinski definition) is 5. The van der Waals surface area contributed by atoms with Crippen molar-refractivity contribution in [3.63, 3.8) is 0 Å². The summed E-state index contributed by atoms with van der Waals surface area (Å²) in [5.41, 5.74) is 2.48. The van der Waals surface area contributed by atoms with E-state index < -0.39 is 0 Å². The zero-order chi connectivity index (χ0) is 19.1. The van der Waals surface area contributed by atoms with Crippen molar-refractivity contribution in [3.8, 4) is 0 Å². The Bertz CT molecular complexity index is 769. The van der Waals surface area contributed by atoms with E-state index in [0.717, 1.165) is 43.2 Å². The van der Waals surface area contributed by atoms with Crippen molar-refractivity contribution in [1.82, 2.24) is 15.6 Å². The number of hydrogen-bond donors (Lipinski definition) is 2. The van der Waals surface area contributed by atoms with Gasteiger partial charge < -0.3 is 20.3 Å². The molecular formula is C20H24N4O3. The number of morpholine rings is 1. The highest BCUT2D eigenvalue weighted by molar-refractivity contribution is 5.94. The molecule has 1 aromatic heterocycles. The van der Waals surface area contributed by atoms with Gasteiger partial charge in [0.15, 0.2) is 0 Å². The molecule has 2 aromatic rings. The molecule has 7 nitrogen and oxygen atoms in total. The lowest BCUT2D eigenvalue weighted by atomic mass is 10.1. The van der Waals surface area contributed by atoms with Gasteiger partial charge in [-0.15, -0.1) is 0 Å². The van der Waals surface area contributed by atoms with Gasteiger partial charge >= 0.3 is 0 Å². The maximum atomic E-state index is 12.3. The van der Waals surface area contributed by atoms with Crippen molar-refractivity contribution >= 4 is 17.6 Å². The Morgan fingerprint density at radius 3 is 2.30 bits per heavy atom. The lowest BCUT2D eigenvalue weighted by Crippen LogP contribution is -2.36. The standard InChI is InChI=1S/C20H24N4O3/c1-15(25)21-12-16-2-5-18(6-3-16)20(26)23-14-17-4-7-19(22-13-17)24-8-10-27-11-9-24/h2-7,13H,8-12,14H2,1H3,(H,21,25)(H,23,26). The summed E-state index contributed by atoms with van der Waals surface area (Å²) < 4.78 is 5.35. The molecule has 0 spiro atoms. The highest BCUT2D eigenvalue weighted by atomic mass is 16.5. The Morgan fingerprint density at radius 2 is 1.67 bits per heavy atom. The van der Waals surface area contributed by atoms with Crippen LogP contribution in [0, 0.1) is 0 Å². The van der Waals surface area contributed by atoms with E-state index in [1.807, 2.05) is 24.3 Å². The molecule has 0 bridgehead atoms. The van der Waals surface area contributed by atoms with Crippen molar-refractivity contribution in [1.29, 1.82) is 0 Å². The molecular weight excluding hydrogens is 344 g/mol. The van der Waals surface area contributed by atoms with Gasteiger partial charge in [-0.05, 0) is 29.3 Å². The van der Waals surface area contributed by atoms with Gasteiger partial charge in [0, 0.05) is 44.9 Å². The van der Waals surface area contributed by atoms with Gasteiger partial charge in [-0.25, -0.2) is 4.98 Å². The molecule has 2 heterocycles. The zero-order valence-electron chi connectivity index (χ0n) is 15.4. The number of aromatic nitrogens is 1. The maximum absolute atomic E-state index is 12.3. The molecule has 2 amide bonds. The minimum Gasteiger partial charge on any atom is -0.378 e. The summed E-state index contributed by atoms with van der Waals surface area (Å²) in [6.07, 6.45) is 1.79. The summed E-state index contributed by atoms with van der Waals surface area (Å²) in [7, 11) is 0. The second kappa shape index (κ2) is 9.14.